The van der Waals surface area contributed by atoms with Crippen molar-refractivity contribution in [2.24, 2.45) is 5.92 Å². The van der Waals surface area contributed by atoms with Crippen molar-refractivity contribution >= 4 is 17.4 Å². The van der Waals surface area contributed by atoms with Gasteiger partial charge in [-0.15, -0.1) is 15.3 Å². The van der Waals surface area contributed by atoms with Gasteiger partial charge in [-0.1, -0.05) is 12.8 Å². The predicted octanol–water partition coefficient (Wildman–Crippen LogP) is 1.71. The van der Waals surface area contributed by atoms with Crippen molar-refractivity contribution < 1.29 is 4.79 Å². The van der Waals surface area contributed by atoms with Gasteiger partial charge in [-0.25, -0.2) is 0 Å². The maximum atomic E-state index is 12.6. The Morgan fingerprint density at radius 3 is 2.83 bits per heavy atom. The summed E-state index contributed by atoms with van der Waals surface area (Å²) in [6.07, 6.45) is 6.72. The molecule has 1 amide bonds. The lowest BCUT2D eigenvalue weighted by Crippen LogP contribution is -2.45. The van der Waals surface area contributed by atoms with E-state index in [4.69, 9.17) is 0 Å². The molecule has 2 aromatic heterocycles. The van der Waals surface area contributed by atoms with Crippen LogP contribution in [-0.2, 0) is 4.79 Å². The molecule has 128 valence electrons. The zero-order chi connectivity index (χ0) is 16.5. The van der Waals surface area contributed by atoms with Gasteiger partial charge in [-0.2, -0.15) is 4.52 Å². The number of piperidine rings is 1. The fourth-order valence-electron chi connectivity index (χ4n) is 3.84. The van der Waals surface area contributed by atoms with Gasteiger partial charge in [-0.05, 0) is 44.7 Å². The van der Waals surface area contributed by atoms with Crippen LogP contribution in [0.25, 0.3) is 5.65 Å². The highest BCUT2D eigenvalue weighted by Gasteiger charge is 2.28. The van der Waals surface area contributed by atoms with Crippen LogP contribution in [0.15, 0.2) is 12.1 Å². The van der Waals surface area contributed by atoms with Crippen LogP contribution in [0.2, 0.25) is 0 Å². The molecular weight excluding hydrogens is 304 g/mol. The normalized spacial score (nSPS) is 22.2. The lowest BCUT2D eigenvalue weighted by atomic mass is 9.96. The number of carbonyl (C=O) groups excluding carboxylic acids is 1. The summed E-state index contributed by atoms with van der Waals surface area (Å²) in [5, 5.41) is 16.0. The van der Waals surface area contributed by atoms with E-state index in [1.54, 1.807) is 4.52 Å². The molecule has 1 aliphatic carbocycles. The molecule has 1 atom stereocenters. The molecule has 7 heteroatoms. The van der Waals surface area contributed by atoms with Gasteiger partial charge in [0.25, 0.3) is 0 Å². The summed E-state index contributed by atoms with van der Waals surface area (Å²) in [5.74, 6) is 1.94. The molecule has 1 aliphatic heterocycles. The molecule has 2 fully saturated rings. The van der Waals surface area contributed by atoms with Crippen LogP contribution in [-0.4, -0.2) is 44.8 Å². The van der Waals surface area contributed by atoms with Gasteiger partial charge in [0.2, 0.25) is 5.91 Å². The van der Waals surface area contributed by atoms with E-state index in [1.807, 2.05) is 19.1 Å². The van der Waals surface area contributed by atoms with Crippen LogP contribution in [0.3, 0.4) is 0 Å². The van der Waals surface area contributed by atoms with Gasteiger partial charge >= 0.3 is 0 Å². The minimum Gasteiger partial charge on any atom is -0.354 e. The van der Waals surface area contributed by atoms with E-state index in [9.17, 15) is 4.79 Å². The second-order valence-electron chi connectivity index (χ2n) is 6.98. The topological polar surface area (TPSA) is 75.4 Å². The van der Waals surface area contributed by atoms with Gasteiger partial charge in [0.1, 0.15) is 5.82 Å². The Morgan fingerprint density at radius 2 is 2.00 bits per heavy atom. The van der Waals surface area contributed by atoms with Crippen molar-refractivity contribution in [3.8, 4) is 0 Å². The highest BCUT2D eigenvalue weighted by Crippen LogP contribution is 2.24. The van der Waals surface area contributed by atoms with Crippen LogP contribution in [0.4, 0.5) is 5.82 Å². The van der Waals surface area contributed by atoms with Crippen molar-refractivity contribution in [1.29, 1.82) is 0 Å². The molecule has 0 bridgehead atoms. The molecule has 0 unspecified atom stereocenters. The Morgan fingerprint density at radius 1 is 1.17 bits per heavy atom. The predicted molar refractivity (Wildman–Crippen MR) is 90.9 cm³/mol. The lowest BCUT2D eigenvalue weighted by Gasteiger charge is -2.33. The summed E-state index contributed by atoms with van der Waals surface area (Å²) in [6, 6.07) is 4.30. The Bertz CT molecular complexity index is 736. The Kier molecular flexibility index (Phi) is 4.08. The number of hydrogen-bond donors (Lipinski definition) is 1. The zero-order valence-corrected chi connectivity index (χ0v) is 14.1. The Hall–Kier alpha value is -2.18. The average Bonchev–Trinajstić information content (AvgIpc) is 3.25. The number of amides is 1. The van der Waals surface area contributed by atoms with Crippen LogP contribution >= 0.6 is 0 Å². The van der Waals surface area contributed by atoms with Gasteiger partial charge in [-0.3, -0.25) is 4.79 Å². The standard InChI is InChI=1S/C17H24N6O/c1-12-19-20-15-8-9-16(21-23(12)15)22-10-4-5-13(11-22)17(24)18-14-6-2-3-7-14/h8-9,13-14H,2-7,10-11H2,1H3,(H,18,24)/t13-/m1/s1. The molecule has 1 saturated heterocycles. The van der Waals surface area contributed by atoms with Crippen molar-refractivity contribution in [2.75, 3.05) is 18.0 Å². The number of anilines is 1. The van der Waals surface area contributed by atoms with E-state index in [0.29, 0.717) is 6.04 Å². The highest BCUT2D eigenvalue weighted by molar-refractivity contribution is 5.79. The summed E-state index contributed by atoms with van der Waals surface area (Å²) in [7, 11) is 0. The fraction of sp³-hybridized carbons (Fsp3) is 0.647. The quantitative estimate of drug-likeness (QED) is 0.928. The van der Waals surface area contributed by atoms with E-state index in [2.05, 4.69) is 25.5 Å². The van der Waals surface area contributed by atoms with E-state index in [-0.39, 0.29) is 11.8 Å². The smallest absolute Gasteiger partial charge is 0.225 e. The van der Waals surface area contributed by atoms with E-state index in [1.165, 1.54) is 12.8 Å². The molecule has 2 aromatic rings. The lowest BCUT2D eigenvalue weighted by molar-refractivity contribution is -0.125. The Labute approximate surface area is 141 Å². The molecule has 3 heterocycles. The number of aryl methyl sites for hydroxylation is 1. The van der Waals surface area contributed by atoms with Gasteiger partial charge in [0.05, 0.1) is 5.92 Å². The van der Waals surface area contributed by atoms with Gasteiger partial charge < -0.3 is 10.2 Å². The second-order valence-corrected chi connectivity index (χ2v) is 6.98. The van der Waals surface area contributed by atoms with Gasteiger partial charge in [0, 0.05) is 19.1 Å². The van der Waals surface area contributed by atoms with Crippen molar-refractivity contribution in [3.05, 3.63) is 18.0 Å². The average molecular weight is 328 g/mol. The third kappa shape index (κ3) is 2.95. The number of carbonyl (C=O) groups is 1. The van der Waals surface area contributed by atoms with E-state index in [0.717, 1.165) is 56.1 Å². The summed E-state index contributed by atoms with van der Waals surface area (Å²) >= 11 is 0. The Balaban J connectivity index is 1.46. The molecular formula is C17H24N6O. The number of aromatic nitrogens is 4. The number of rotatable bonds is 3. The maximum Gasteiger partial charge on any atom is 0.225 e. The summed E-state index contributed by atoms with van der Waals surface area (Å²) in [5.41, 5.74) is 0.754. The number of nitrogens with one attached hydrogen (secondary N) is 1. The molecule has 24 heavy (non-hydrogen) atoms. The molecule has 1 N–H and O–H groups in total. The van der Waals surface area contributed by atoms with Crippen molar-refractivity contribution in [2.45, 2.75) is 51.5 Å². The molecule has 4 rings (SSSR count). The SMILES string of the molecule is Cc1nnc2ccc(N3CCC[C@@H](C(=O)NC4CCCC4)C3)nn12. The van der Waals surface area contributed by atoms with E-state index < -0.39 is 0 Å². The molecule has 7 nitrogen and oxygen atoms in total. The van der Waals surface area contributed by atoms with Crippen molar-refractivity contribution in [3.63, 3.8) is 0 Å². The molecule has 0 aromatic carbocycles. The first-order valence-electron chi connectivity index (χ1n) is 8.95. The molecule has 0 radical (unpaired) electrons. The molecule has 0 spiro atoms. The number of hydrogen-bond acceptors (Lipinski definition) is 5. The number of nitrogens with zero attached hydrogens (tertiary/aromatic N) is 5. The minimum atomic E-state index is 0.0545. The largest absolute Gasteiger partial charge is 0.354 e. The van der Waals surface area contributed by atoms with Crippen molar-refractivity contribution in [1.82, 2.24) is 25.1 Å². The van der Waals surface area contributed by atoms with Crippen LogP contribution in [0.5, 0.6) is 0 Å². The highest BCUT2D eigenvalue weighted by atomic mass is 16.2. The minimum absolute atomic E-state index is 0.0545. The number of fused-ring (bicyclic) bond motifs is 1. The van der Waals surface area contributed by atoms with Gasteiger partial charge in [0.15, 0.2) is 11.5 Å². The third-order valence-electron chi connectivity index (χ3n) is 5.22. The molecule has 2 aliphatic rings. The second kappa shape index (κ2) is 6.37. The fourth-order valence-corrected chi connectivity index (χ4v) is 3.84. The first-order chi connectivity index (χ1) is 11.7. The molecule has 1 saturated carbocycles. The van der Waals surface area contributed by atoms with Crippen LogP contribution in [0.1, 0.15) is 44.3 Å². The maximum absolute atomic E-state index is 12.6. The first kappa shape index (κ1) is 15.4. The summed E-state index contributed by atoms with van der Waals surface area (Å²) in [4.78, 5) is 14.8. The summed E-state index contributed by atoms with van der Waals surface area (Å²) in [6.45, 7) is 3.57. The monoisotopic (exact) mass is 328 g/mol. The van der Waals surface area contributed by atoms with Crippen LogP contribution < -0.4 is 10.2 Å². The van der Waals surface area contributed by atoms with E-state index >= 15 is 0 Å². The zero-order valence-electron chi connectivity index (χ0n) is 14.1. The first-order valence-corrected chi connectivity index (χ1v) is 8.95. The third-order valence-corrected chi connectivity index (χ3v) is 5.22. The van der Waals surface area contributed by atoms with Crippen LogP contribution in [0, 0.1) is 12.8 Å². The summed E-state index contributed by atoms with van der Waals surface area (Å²) < 4.78 is 1.76.